The predicted octanol–water partition coefficient (Wildman–Crippen LogP) is 0.0915. The normalized spacial score (nSPS) is 8.92. The number of rotatable bonds is 1. The van der Waals surface area contributed by atoms with Crippen LogP contribution in [0.25, 0.3) is 10.4 Å². The standard InChI is InChI=1S/C5H5N7O/c6-3-2(4(13)11-12-8)1-9-5(7)10-3/h1H,(H4,6,7,9,10). The Labute approximate surface area is 72.2 Å². The summed E-state index contributed by atoms with van der Waals surface area (Å²) < 4.78 is 0. The van der Waals surface area contributed by atoms with E-state index in [4.69, 9.17) is 17.0 Å². The van der Waals surface area contributed by atoms with Crippen molar-refractivity contribution in [1.82, 2.24) is 9.97 Å². The summed E-state index contributed by atoms with van der Waals surface area (Å²) >= 11 is 0. The van der Waals surface area contributed by atoms with Crippen molar-refractivity contribution in [2.45, 2.75) is 0 Å². The third-order valence-electron chi connectivity index (χ3n) is 1.20. The molecule has 1 aromatic rings. The van der Waals surface area contributed by atoms with E-state index in [1.165, 1.54) is 0 Å². The summed E-state index contributed by atoms with van der Waals surface area (Å²) in [5.41, 5.74) is 18.4. The average Bonchev–Trinajstić information content (AvgIpc) is 2.04. The molecule has 1 heterocycles. The zero-order chi connectivity index (χ0) is 9.84. The van der Waals surface area contributed by atoms with E-state index in [0.29, 0.717) is 0 Å². The third kappa shape index (κ3) is 1.82. The van der Waals surface area contributed by atoms with Crippen molar-refractivity contribution >= 4 is 17.7 Å². The molecule has 1 aromatic heterocycles. The van der Waals surface area contributed by atoms with E-state index in [1.54, 1.807) is 0 Å². The summed E-state index contributed by atoms with van der Waals surface area (Å²) in [4.78, 5) is 20.3. The maximum Gasteiger partial charge on any atom is 0.254 e. The van der Waals surface area contributed by atoms with Crippen LogP contribution in [0.15, 0.2) is 11.3 Å². The minimum Gasteiger partial charge on any atom is -0.383 e. The molecule has 0 spiro atoms. The summed E-state index contributed by atoms with van der Waals surface area (Å²) in [5, 5.41) is 2.83. The van der Waals surface area contributed by atoms with E-state index >= 15 is 0 Å². The predicted molar refractivity (Wildman–Crippen MR) is 44.3 cm³/mol. The molecule has 0 aliphatic carbocycles. The maximum absolute atomic E-state index is 11.0. The zero-order valence-electron chi connectivity index (χ0n) is 6.38. The first-order chi connectivity index (χ1) is 6.15. The topological polar surface area (TPSA) is 144 Å². The van der Waals surface area contributed by atoms with Gasteiger partial charge in [0.15, 0.2) is 0 Å². The Morgan fingerprint density at radius 3 is 2.85 bits per heavy atom. The fourth-order valence-electron chi connectivity index (χ4n) is 0.669. The van der Waals surface area contributed by atoms with Gasteiger partial charge in [0.05, 0.1) is 5.56 Å². The molecule has 0 fully saturated rings. The van der Waals surface area contributed by atoms with Gasteiger partial charge in [0.25, 0.3) is 5.91 Å². The maximum atomic E-state index is 11.0. The molecule has 1 rings (SSSR count). The van der Waals surface area contributed by atoms with E-state index in [9.17, 15) is 4.79 Å². The van der Waals surface area contributed by atoms with Crippen LogP contribution in [0.3, 0.4) is 0 Å². The second kappa shape index (κ2) is 3.37. The van der Waals surface area contributed by atoms with Crippen LogP contribution < -0.4 is 11.5 Å². The molecule has 0 aliphatic heterocycles. The number of nitrogens with two attached hydrogens (primary N) is 2. The molecule has 1 amide bonds. The van der Waals surface area contributed by atoms with Gasteiger partial charge in [-0.3, -0.25) is 4.79 Å². The minimum absolute atomic E-state index is 0.0463. The number of amides is 1. The highest BCUT2D eigenvalue weighted by atomic mass is 16.1. The second-order valence-electron chi connectivity index (χ2n) is 2.02. The highest BCUT2D eigenvalue weighted by Crippen LogP contribution is 2.09. The summed E-state index contributed by atoms with van der Waals surface area (Å²) in [5.74, 6) is -0.986. The van der Waals surface area contributed by atoms with Gasteiger partial charge >= 0.3 is 0 Å². The quantitative estimate of drug-likeness (QED) is 0.356. The molecule has 0 unspecified atom stereocenters. The number of nitrogen functional groups attached to an aromatic ring is 2. The van der Waals surface area contributed by atoms with Crippen LogP contribution >= 0.6 is 0 Å². The fourth-order valence-corrected chi connectivity index (χ4v) is 0.669. The van der Waals surface area contributed by atoms with Gasteiger partial charge in [0.1, 0.15) is 5.82 Å². The lowest BCUT2D eigenvalue weighted by molar-refractivity contribution is 0.100. The first-order valence-electron chi connectivity index (χ1n) is 3.12. The lowest BCUT2D eigenvalue weighted by Gasteiger charge is -1.98. The molecular formula is C5H5N7O. The first kappa shape index (κ1) is 8.75. The highest BCUT2D eigenvalue weighted by Gasteiger charge is 2.09. The summed E-state index contributed by atoms with van der Waals surface area (Å²) in [7, 11) is 0. The van der Waals surface area contributed by atoms with Gasteiger partial charge in [-0.1, -0.05) is 0 Å². The Hall–Kier alpha value is -2.34. The van der Waals surface area contributed by atoms with E-state index in [0.717, 1.165) is 6.20 Å². The Kier molecular flexibility index (Phi) is 2.27. The smallest absolute Gasteiger partial charge is 0.254 e. The van der Waals surface area contributed by atoms with E-state index in [1.807, 2.05) is 0 Å². The van der Waals surface area contributed by atoms with Crippen molar-refractivity contribution in [3.05, 3.63) is 22.2 Å². The number of azide groups is 1. The number of hydrogen-bond acceptors (Lipinski definition) is 5. The molecule has 0 atom stereocenters. The molecule has 0 aliphatic rings. The second-order valence-corrected chi connectivity index (χ2v) is 2.02. The first-order valence-corrected chi connectivity index (χ1v) is 3.12. The minimum atomic E-state index is -0.833. The van der Waals surface area contributed by atoms with Crippen LogP contribution in [-0.4, -0.2) is 15.9 Å². The Morgan fingerprint density at radius 1 is 1.62 bits per heavy atom. The van der Waals surface area contributed by atoms with Gasteiger partial charge in [-0.2, -0.15) is 4.98 Å². The summed E-state index contributed by atoms with van der Waals surface area (Å²) in [6.07, 6.45) is 1.11. The summed E-state index contributed by atoms with van der Waals surface area (Å²) in [6, 6.07) is 0. The zero-order valence-corrected chi connectivity index (χ0v) is 6.38. The van der Waals surface area contributed by atoms with Gasteiger partial charge in [-0.25, -0.2) is 4.98 Å². The van der Waals surface area contributed by atoms with Crippen molar-refractivity contribution in [1.29, 1.82) is 0 Å². The lowest BCUT2D eigenvalue weighted by atomic mass is 10.3. The number of anilines is 2. The van der Waals surface area contributed by atoms with Gasteiger partial charge in [-0.05, 0) is 10.6 Å². The molecule has 0 saturated heterocycles. The number of nitrogens with zero attached hydrogens (tertiary/aromatic N) is 5. The summed E-state index contributed by atoms with van der Waals surface area (Å²) in [6.45, 7) is 0. The van der Waals surface area contributed by atoms with Gasteiger partial charge < -0.3 is 11.5 Å². The highest BCUT2D eigenvalue weighted by molar-refractivity contribution is 5.98. The van der Waals surface area contributed by atoms with Crippen LogP contribution in [-0.2, 0) is 0 Å². The SMILES string of the molecule is [N-]=[N+]=NC(=O)c1cnc(N)nc1N. The average molecular weight is 179 g/mol. The molecule has 4 N–H and O–H groups in total. The third-order valence-corrected chi connectivity index (χ3v) is 1.20. The van der Waals surface area contributed by atoms with Crippen molar-refractivity contribution in [2.75, 3.05) is 11.5 Å². The monoisotopic (exact) mass is 179 g/mol. The van der Waals surface area contributed by atoms with Gasteiger partial charge in [0.2, 0.25) is 5.95 Å². The Morgan fingerprint density at radius 2 is 2.31 bits per heavy atom. The molecule has 0 radical (unpaired) electrons. The lowest BCUT2D eigenvalue weighted by Crippen LogP contribution is -2.06. The van der Waals surface area contributed by atoms with E-state index < -0.39 is 5.91 Å². The number of carbonyl (C=O) groups is 1. The van der Waals surface area contributed by atoms with E-state index in [2.05, 4.69) is 20.0 Å². The van der Waals surface area contributed by atoms with Gasteiger partial charge in [0, 0.05) is 11.1 Å². The van der Waals surface area contributed by atoms with Crippen molar-refractivity contribution in [3.63, 3.8) is 0 Å². The van der Waals surface area contributed by atoms with Gasteiger partial charge in [-0.15, -0.1) is 0 Å². The molecule has 8 nitrogen and oxygen atoms in total. The Bertz CT molecular complexity index is 394. The molecule has 66 valence electrons. The van der Waals surface area contributed by atoms with Crippen LogP contribution in [0.1, 0.15) is 10.4 Å². The molecule has 8 heteroatoms. The number of carbonyl (C=O) groups excluding carboxylic acids is 1. The van der Waals surface area contributed by atoms with Crippen LogP contribution in [0.5, 0.6) is 0 Å². The van der Waals surface area contributed by atoms with Crippen molar-refractivity contribution in [2.24, 2.45) is 5.11 Å². The largest absolute Gasteiger partial charge is 0.383 e. The van der Waals surface area contributed by atoms with Crippen LogP contribution in [0.2, 0.25) is 0 Å². The Balaban J connectivity index is 3.16. The van der Waals surface area contributed by atoms with Crippen LogP contribution in [0, 0.1) is 0 Å². The molecule has 0 saturated carbocycles. The van der Waals surface area contributed by atoms with Crippen molar-refractivity contribution in [3.8, 4) is 0 Å². The van der Waals surface area contributed by atoms with Crippen molar-refractivity contribution < 1.29 is 4.79 Å². The molecule has 13 heavy (non-hydrogen) atoms. The number of hydrogen-bond donors (Lipinski definition) is 2. The number of aromatic nitrogens is 2. The molecular weight excluding hydrogens is 174 g/mol. The van der Waals surface area contributed by atoms with Crippen LogP contribution in [0.4, 0.5) is 11.8 Å². The van der Waals surface area contributed by atoms with E-state index in [-0.39, 0.29) is 17.3 Å². The molecule has 0 aromatic carbocycles. The molecule has 0 bridgehead atoms. The fraction of sp³-hybridized carbons (Fsp3) is 0.